The Balaban J connectivity index is 1.73. The number of carbonyl (C=O) groups is 1. The van der Waals surface area contributed by atoms with Crippen molar-refractivity contribution in [3.05, 3.63) is 70.1 Å². The van der Waals surface area contributed by atoms with Crippen molar-refractivity contribution in [2.75, 3.05) is 19.7 Å². The van der Waals surface area contributed by atoms with Gasteiger partial charge in [0.05, 0.1) is 13.2 Å². The number of pyridine rings is 1. The van der Waals surface area contributed by atoms with E-state index in [1.54, 1.807) is 0 Å². The molecule has 0 bridgehead atoms. The zero-order valence-corrected chi connectivity index (χ0v) is 13.8. The van der Waals surface area contributed by atoms with Gasteiger partial charge in [-0.1, -0.05) is 30.3 Å². The van der Waals surface area contributed by atoms with Crippen LogP contribution >= 0.6 is 0 Å². The number of alkyl halides is 3. The Morgan fingerprint density at radius 3 is 2.58 bits per heavy atom. The molecule has 26 heavy (non-hydrogen) atoms. The van der Waals surface area contributed by atoms with Gasteiger partial charge in [0, 0.05) is 12.7 Å². The number of aromatic nitrogens is 1. The number of hydrogen-bond acceptors (Lipinski definition) is 3. The number of benzene rings is 1. The van der Waals surface area contributed by atoms with Gasteiger partial charge in [-0.15, -0.1) is 0 Å². The quantitative estimate of drug-likeness (QED) is 0.839. The summed E-state index contributed by atoms with van der Waals surface area (Å²) < 4.78 is 45.0. The van der Waals surface area contributed by atoms with E-state index < -0.39 is 29.8 Å². The van der Waals surface area contributed by atoms with Gasteiger partial charge < -0.3 is 14.2 Å². The van der Waals surface area contributed by atoms with E-state index in [1.165, 1.54) is 11.1 Å². The lowest BCUT2D eigenvalue weighted by Gasteiger charge is -2.33. The van der Waals surface area contributed by atoms with Crippen LogP contribution in [-0.4, -0.2) is 35.1 Å². The van der Waals surface area contributed by atoms with E-state index in [0.29, 0.717) is 19.2 Å². The van der Waals surface area contributed by atoms with E-state index >= 15 is 0 Å². The lowest BCUT2D eigenvalue weighted by molar-refractivity contribution is -0.141. The minimum Gasteiger partial charge on any atom is -0.370 e. The molecule has 8 heteroatoms. The average molecular weight is 366 g/mol. The zero-order chi connectivity index (χ0) is 18.7. The normalized spacial score (nSPS) is 18.0. The molecule has 1 amide bonds. The third-order valence-electron chi connectivity index (χ3n) is 4.22. The molecule has 1 fully saturated rings. The summed E-state index contributed by atoms with van der Waals surface area (Å²) >= 11 is 0. The van der Waals surface area contributed by atoms with E-state index in [-0.39, 0.29) is 12.6 Å². The molecule has 1 saturated heterocycles. The maximum Gasteiger partial charge on any atom is 0.421 e. The van der Waals surface area contributed by atoms with Crippen molar-refractivity contribution in [3.63, 3.8) is 0 Å². The minimum atomic E-state index is -4.75. The fourth-order valence-corrected chi connectivity index (χ4v) is 2.87. The summed E-state index contributed by atoms with van der Waals surface area (Å²) in [5.41, 5.74) is -1.58. The van der Waals surface area contributed by atoms with Crippen molar-refractivity contribution < 1.29 is 22.7 Å². The number of carbonyl (C=O) groups excluding carboxylic acids is 1. The van der Waals surface area contributed by atoms with Gasteiger partial charge in [0.15, 0.2) is 0 Å². The summed E-state index contributed by atoms with van der Waals surface area (Å²) in [6, 6.07) is 11.2. The first-order valence-electron chi connectivity index (χ1n) is 8.07. The standard InChI is InChI=1S/C18H17F3N2O3/c19-18(20,21)14-7-4-8-23(17(14)25)12-16(24)22-9-10-26-15(11-22)13-5-2-1-3-6-13/h1-8,15H,9-12H2/t15-/m0/s1. The monoisotopic (exact) mass is 366 g/mol. The first-order chi connectivity index (χ1) is 12.4. The molecule has 0 aliphatic carbocycles. The molecular formula is C18H17F3N2O3. The Morgan fingerprint density at radius 1 is 1.15 bits per heavy atom. The zero-order valence-electron chi connectivity index (χ0n) is 13.8. The first-order valence-corrected chi connectivity index (χ1v) is 8.07. The molecule has 2 heterocycles. The maximum atomic E-state index is 12.8. The summed E-state index contributed by atoms with van der Waals surface area (Å²) in [6.45, 7) is 0.499. The molecular weight excluding hydrogens is 349 g/mol. The van der Waals surface area contributed by atoms with Crippen LogP contribution < -0.4 is 5.56 Å². The van der Waals surface area contributed by atoms with Gasteiger partial charge >= 0.3 is 6.18 Å². The highest BCUT2D eigenvalue weighted by molar-refractivity contribution is 5.76. The van der Waals surface area contributed by atoms with Crippen LogP contribution in [0, 0.1) is 0 Å². The second-order valence-electron chi connectivity index (χ2n) is 5.96. The molecule has 0 radical (unpaired) electrons. The molecule has 5 nitrogen and oxygen atoms in total. The Morgan fingerprint density at radius 2 is 1.88 bits per heavy atom. The number of hydrogen-bond donors (Lipinski definition) is 0. The second kappa shape index (κ2) is 7.33. The summed E-state index contributed by atoms with van der Waals surface area (Å²) in [4.78, 5) is 26.0. The van der Waals surface area contributed by atoms with Gasteiger partial charge in [0.2, 0.25) is 5.91 Å². The predicted octanol–water partition coefficient (Wildman–Crippen LogP) is 2.47. The Hall–Kier alpha value is -2.61. The lowest BCUT2D eigenvalue weighted by Crippen LogP contribution is -2.44. The van der Waals surface area contributed by atoms with Crippen LogP contribution in [0.25, 0.3) is 0 Å². The summed E-state index contributed by atoms with van der Waals surface area (Å²) in [5.74, 6) is -0.421. The van der Waals surface area contributed by atoms with Crippen LogP contribution in [-0.2, 0) is 22.3 Å². The Labute approximate surface area is 147 Å². The third kappa shape index (κ3) is 3.96. The van der Waals surface area contributed by atoms with Crippen LogP contribution in [0.1, 0.15) is 17.2 Å². The van der Waals surface area contributed by atoms with Crippen molar-refractivity contribution in [1.29, 1.82) is 0 Å². The number of rotatable bonds is 3. The van der Waals surface area contributed by atoms with Crippen molar-refractivity contribution in [3.8, 4) is 0 Å². The molecule has 0 spiro atoms. The van der Waals surface area contributed by atoms with Gasteiger partial charge in [0.1, 0.15) is 18.2 Å². The summed E-state index contributed by atoms with van der Waals surface area (Å²) in [5, 5.41) is 0. The Kier molecular flexibility index (Phi) is 5.13. The summed E-state index contributed by atoms with van der Waals surface area (Å²) in [6.07, 6.45) is -3.86. The first kappa shape index (κ1) is 18.2. The second-order valence-corrected chi connectivity index (χ2v) is 5.96. The van der Waals surface area contributed by atoms with E-state index in [1.807, 2.05) is 30.3 Å². The fourth-order valence-electron chi connectivity index (χ4n) is 2.87. The van der Waals surface area contributed by atoms with Crippen molar-refractivity contribution in [1.82, 2.24) is 9.47 Å². The molecule has 0 saturated carbocycles. The summed E-state index contributed by atoms with van der Waals surface area (Å²) in [7, 11) is 0. The van der Waals surface area contributed by atoms with Crippen molar-refractivity contribution >= 4 is 5.91 Å². The van der Waals surface area contributed by atoms with E-state index in [2.05, 4.69) is 0 Å². The van der Waals surface area contributed by atoms with Crippen LogP contribution in [0.15, 0.2) is 53.5 Å². The lowest BCUT2D eigenvalue weighted by atomic mass is 10.1. The molecule has 1 aromatic carbocycles. The van der Waals surface area contributed by atoms with Crippen LogP contribution in [0.5, 0.6) is 0 Å². The Bertz CT molecular complexity index is 834. The third-order valence-corrected chi connectivity index (χ3v) is 4.22. The van der Waals surface area contributed by atoms with Gasteiger partial charge in [0.25, 0.3) is 5.56 Å². The van der Waals surface area contributed by atoms with Gasteiger partial charge in [-0.2, -0.15) is 13.2 Å². The number of amides is 1. The van der Waals surface area contributed by atoms with Crippen LogP contribution in [0.4, 0.5) is 13.2 Å². The van der Waals surface area contributed by atoms with Crippen molar-refractivity contribution in [2.24, 2.45) is 0 Å². The molecule has 1 aliphatic rings. The SMILES string of the molecule is O=C(Cn1cccc(C(F)(F)F)c1=O)N1CCO[C@H](c2ccccc2)C1. The van der Waals surface area contributed by atoms with Crippen molar-refractivity contribution in [2.45, 2.75) is 18.8 Å². The number of morpholine rings is 1. The smallest absolute Gasteiger partial charge is 0.370 e. The van der Waals surface area contributed by atoms with Gasteiger partial charge in [-0.3, -0.25) is 9.59 Å². The average Bonchev–Trinajstić information content (AvgIpc) is 2.63. The molecule has 1 aromatic heterocycles. The van der Waals surface area contributed by atoms with Gasteiger partial charge in [-0.05, 0) is 17.7 Å². The van der Waals surface area contributed by atoms with Crippen LogP contribution in [0.3, 0.4) is 0 Å². The van der Waals surface area contributed by atoms with Crippen LogP contribution in [0.2, 0.25) is 0 Å². The largest absolute Gasteiger partial charge is 0.421 e. The number of ether oxygens (including phenoxy) is 1. The molecule has 138 valence electrons. The van der Waals surface area contributed by atoms with E-state index in [0.717, 1.165) is 16.2 Å². The molecule has 2 aromatic rings. The maximum absolute atomic E-state index is 12.8. The molecule has 0 N–H and O–H groups in total. The number of halogens is 3. The predicted molar refractivity (Wildman–Crippen MR) is 87.4 cm³/mol. The van der Waals surface area contributed by atoms with E-state index in [9.17, 15) is 22.8 Å². The van der Waals surface area contributed by atoms with E-state index in [4.69, 9.17) is 4.74 Å². The topological polar surface area (TPSA) is 51.5 Å². The van der Waals surface area contributed by atoms with Gasteiger partial charge in [-0.25, -0.2) is 0 Å². The highest BCUT2D eigenvalue weighted by atomic mass is 19.4. The highest BCUT2D eigenvalue weighted by Gasteiger charge is 2.34. The molecule has 3 rings (SSSR count). The minimum absolute atomic E-state index is 0.288. The molecule has 1 atom stereocenters. The number of nitrogens with zero attached hydrogens (tertiary/aromatic N) is 2. The highest BCUT2D eigenvalue weighted by Crippen LogP contribution is 2.26. The molecule has 0 unspecified atom stereocenters. The fraction of sp³-hybridized carbons (Fsp3) is 0.333. The molecule has 1 aliphatic heterocycles.